The van der Waals surface area contributed by atoms with Crippen LogP contribution < -0.4 is 14.8 Å². The number of nitrogens with one attached hydrogen (secondary N) is 2. The number of aromatic amines is 1. The molecule has 0 radical (unpaired) electrons. The summed E-state index contributed by atoms with van der Waals surface area (Å²) in [6.07, 6.45) is 7.61. The van der Waals surface area contributed by atoms with Crippen LogP contribution in [0.4, 0.5) is 0 Å². The number of aromatic carboxylic acids is 1. The molecule has 0 atom stereocenters. The summed E-state index contributed by atoms with van der Waals surface area (Å²) in [6, 6.07) is 9.68. The smallest absolute Gasteiger partial charge is 0.356 e. The molecule has 9 heteroatoms. The number of thiazole rings is 1. The second-order valence-electron chi connectivity index (χ2n) is 8.43. The van der Waals surface area contributed by atoms with Crippen LogP contribution in [0.1, 0.15) is 33.9 Å². The minimum Gasteiger partial charge on any atom is -0.497 e. The third kappa shape index (κ3) is 6.37. The summed E-state index contributed by atoms with van der Waals surface area (Å²) in [5, 5.41) is 14.6. The van der Waals surface area contributed by atoms with E-state index in [9.17, 15) is 4.79 Å². The van der Waals surface area contributed by atoms with Crippen LogP contribution >= 0.6 is 11.3 Å². The summed E-state index contributed by atoms with van der Waals surface area (Å²) in [7, 11) is 3.23. The van der Waals surface area contributed by atoms with Crippen LogP contribution in [0, 0.1) is 12.8 Å². The third-order valence-corrected chi connectivity index (χ3v) is 6.84. The van der Waals surface area contributed by atoms with Gasteiger partial charge in [0, 0.05) is 41.0 Å². The van der Waals surface area contributed by atoms with Gasteiger partial charge in [-0.05, 0) is 69.0 Å². The fourth-order valence-corrected chi connectivity index (χ4v) is 4.65. The summed E-state index contributed by atoms with van der Waals surface area (Å²) in [5.74, 6) is 1.33. The second-order valence-corrected chi connectivity index (χ2v) is 9.63. The molecule has 0 aliphatic heterocycles. The predicted molar refractivity (Wildman–Crippen MR) is 138 cm³/mol. The van der Waals surface area contributed by atoms with Gasteiger partial charge in [0.2, 0.25) is 5.88 Å². The van der Waals surface area contributed by atoms with Crippen molar-refractivity contribution in [3.8, 4) is 22.1 Å². The Morgan fingerprint density at radius 2 is 2.06 bits per heavy atom. The van der Waals surface area contributed by atoms with Crippen molar-refractivity contribution in [1.82, 2.24) is 20.3 Å². The average Bonchev–Trinajstić information content (AvgIpc) is 3.49. The fourth-order valence-electron chi connectivity index (χ4n) is 3.75. The van der Waals surface area contributed by atoms with E-state index >= 15 is 0 Å². The van der Waals surface area contributed by atoms with Crippen LogP contribution in [0.2, 0.25) is 0 Å². The van der Waals surface area contributed by atoms with E-state index in [-0.39, 0.29) is 5.69 Å². The van der Waals surface area contributed by atoms with E-state index in [0.717, 1.165) is 35.7 Å². The highest BCUT2D eigenvalue weighted by atomic mass is 32.1. The van der Waals surface area contributed by atoms with E-state index in [1.54, 1.807) is 32.4 Å². The van der Waals surface area contributed by atoms with Gasteiger partial charge in [-0.25, -0.2) is 14.8 Å². The minimum absolute atomic E-state index is 0.0690. The van der Waals surface area contributed by atoms with E-state index < -0.39 is 5.97 Å². The Balaban J connectivity index is 0.000000165. The van der Waals surface area contributed by atoms with Crippen LogP contribution in [0.3, 0.4) is 0 Å². The molecule has 0 saturated heterocycles. The Bertz CT molecular complexity index is 1280. The van der Waals surface area contributed by atoms with Crippen LogP contribution in [0.5, 0.6) is 11.6 Å². The number of hydrogen-bond acceptors (Lipinski definition) is 7. The number of nitrogens with zero attached hydrogens (tertiary/aromatic N) is 2. The zero-order valence-electron chi connectivity index (χ0n) is 20.1. The predicted octanol–water partition coefficient (Wildman–Crippen LogP) is 4.94. The number of aryl methyl sites for hydroxylation is 1. The van der Waals surface area contributed by atoms with Crippen molar-refractivity contribution in [2.45, 2.75) is 26.2 Å². The number of pyridine rings is 1. The Morgan fingerprint density at radius 1 is 1.23 bits per heavy atom. The molecule has 0 amide bonds. The van der Waals surface area contributed by atoms with Gasteiger partial charge in [0.15, 0.2) is 5.69 Å². The minimum atomic E-state index is -1.03. The van der Waals surface area contributed by atoms with Crippen molar-refractivity contribution in [1.29, 1.82) is 0 Å². The summed E-state index contributed by atoms with van der Waals surface area (Å²) in [5.41, 5.74) is 3.34. The van der Waals surface area contributed by atoms with E-state index in [1.807, 2.05) is 6.07 Å². The molecule has 1 aliphatic rings. The third-order valence-electron chi connectivity index (χ3n) is 5.82. The van der Waals surface area contributed by atoms with Gasteiger partial charge in [-0.2, -0.15) is 0 Å². The topological polar surface area (TPSA) is 109 Å². The molecule has 5 rings (SSSR count). The van der Waals surface area contributed by atoms with Gasteiger partial charge in [0.1, 0.15) is 5.75 Å². The molecule has 1 saturated carbocycles. The number of aromatic nitrogens is 3. The van der Waals surface area contributed by atoms with Gasteiger partial charge >= 0.3 is 5.97 Å². The fraction of sp³-hybridized carbons (Fsp3) is 0.346. The molecule has 1 aromatic carbocycles. The SMILES string of the molecule is COc1ccc(-c2sc(C)nc2C(=O)O)cn1.COc1ccc2c(CCNCC3CC3)c[nH]c2c1. The summed E-state index contributed by atoms with van der Waals surface area (Å²) in [4.78, 5) is 23.0. The molecule has 0 unspecified atom stereocenters. The standard InChI is InChI=1S/C15H20N2O.C11H10N2O3S/c1-18-13-4-5-14-12(10-17-15(14)8-13)6-7-16-9-11-2-3-11;1-6-13-9(11(14)15)10(17-6)7-3-4-8(16-2)12-5-7/h4-5,8,10-11,16-17H,2-3,6-7,9H2,1H3;3-5H,1-2H3,(H,14,15). The van der Waals surface area contributed by atoms with Gasteiger partial charge in [-0.1, -0.05) is 0 Å². The largest absolute Gasteiger partial charge is 0.497 e. The Labute approximate surface area is 208 Å². The summed E-state index contributed by atoms with van der Waals surface area (Å²) >= 11 is 1.34. The molecule has 1 aliphatic carbocycles. The van der Waals surface area contributed by atoms with E-state index in [0.29, 0.717) is 15.8 Å². The van der Waals surface area contributed by atoms with Crippen LogP contribution in [0.15, 0.2) is 42.7 Å². The molecule has 0 spiro atoms. The molecule has 3 heterocycles. The molecule has 1 fully saturated rings. The molecule has 8 nitrogen and oxygen atoms in total. The van der Waals surface area contributed by atoms with Gasteiger partial charge in [0.05, 0.1) is 24.1 Å². The lowest BCUT2D eigenvalue weighted by Crippen LogP contribution is -2.19. The van der Waals surface area contributed by atoms with Gasteiger partial charge < -0.3 is 24.9 Å². The maximum absolute atomic E-state index is 11.0. The number of fused-ring (bicyclic) bond motifs is 1. The lowest BCUT2D eigenvalue weighted by atomic mass is 10.1. The molecule has 4 aromatic rings. The highest BCUT2D eigenvalue weighted by Crippen LogP contribution is 2.30. The number of carbonyl (C=O) groups is 1. The molecular formula is C26H30N4O4S. The number of H-pyrrole nitrogens is 1. The van der Waals surface area contributed by atoms with Crippen molar-refractivity contribution in [2.24, 2.45) is 5.92 Å². The van der Waals surface area contributed by atoms with Crippen LogP contribution in [0.25, 0.3) is 21.3 Å². The van der Waals surface area contributed by atoms with Crippen molar-refractivity contribution < 1.29 is 19.4 Å². The van der Waals surface area contributed by atoms with Crippen LogP contribution in [-0.4, -0.2) is 53.3 Å². The number of methoxy groups -OCH3 is 2. The van der Waals surface area contributed by atoms with Crippen LogP contribution in [-0.2, 0) is 6.42 Å². The van der Waals surface area contributed by atoms with Crippen molar-refractivity contribution in [3.63, 3.8) is 0 Å². The Hall–Kier alpha value is -3.43. The Morgan fingerprint density at radius 3 is 2.71 bits per heavy atom. The number of benzene rings is 1. The first-order valence-electron chi connectivity index (χ1n) is 11.5. The van der Waals surface area contributed by atoms with E-state index in [1.165, 1.54) is 48.8 Å². The normalized spacial score (nSPS) is 12.8. The highest BCUT2D eigenvalue weighted by Gasteiger charge is 2.20. The summed E-state index contributed by atoms with van der Waals surface area (Å²) in [6.45, 7) is 4.03. The molecule has 3 aromatic heterocycles. The molecular weight excluding hydrogens is 464 g/mol. The first-order chi connectivity index (χ1) is 17.0. The van der Waals surface area contributed by atoms with Gasteiger partial charge in [-0.15, -0.1) is 11.3 Å². The lowest BCUT2D eigenvalue weighted by Gasteiger charge is -2.03. The quantitative estimate of drug-likeness (QED) is 0.283. The van der Waals surface area contributed by atoms with Gasteiger partial charge in [-0.3, -0.25) is 0 Å². The first kappa shape index (κ1) is 24.7. The van der Waals surface area contributed by atoms with Crippen molar-refractivity contribution >= 4 is 28.2 Å². The number of ether oxygens (including phenoxy) is 2. The first-order valence-corrected chi connectivity index (χ1v) is 12.4. The second kappa shape index (κ2) is 11.3. The average molecular weight is 495 g/mol. The maximum atomic E-state index is 11.0. The molecule has 184 valence electrons. The van der Waals surface area contributed by atoms with E-state index in [2.05, 4.69) is 38.6 Å². The van der Waals surface area contributed by atoms with Gasteiger partial charge in [0.25, 0.3) is 0 Å². The zero-order chi connectivity index (χ0) is 24.8. The molecule has 3 N–H and O–H groups in total. The van der Waals surface area contributed by atoms with E-state index in [4.69, 9.17) is 14.6 Å². The highest BCUT2D eigenvalue weighted by molar-refractivity contribution is 7.15. The van der Waals surface area contributed by atoms with Crippen molar-refractivity contribution in [3.05, 3.63) is 59.0 Å². The molecule has 35 heavy (non-hydrogen) atoms. The number of rotatable bonds is 9. The number of carboxylic acid groups (broad SMARTS) is 1. The zero-order valence-corrected chi connectivity index (χ0v) is 20.9. The maximum Gasteiger partial charge on any atom is 0.356 e. The lowest BCUT2D eigenvalue weighted by molar-refractivity contribution is 0.0692. The summed E-state index contributed by atoms with van der Waals surface area (Å²) < 4.78 is 10.2. The number of hydrogen-bond donors (Lipinski definition) is 3. The molecule has 0 bridgehead atoms. The Kier molecular flexibility index (Phi) is 7.99. The monoisotopic (exact) mass is 494 g/mol. The number of carboxylic acids is 1. The van der Waals surface area contributed by atoms with Crippen molar-refractivity contribution in [2.75, 3.05) is 27.3 Å².